The van der Waals surface area contributed by atoms with Crippen LogP contribution in [0, 0.1) is 13.8 Å². The minimum absolute atomic E-state index is 0.0522. The second-order valence-corrected chi connectivity index (χ2v) is 8.41. The lowest BCUT2D eigenvalue weighted by Gasteiger charge is -2.24. The number of aryl methyl sites for hydroxylation is 2. The number of fused-ring (bicyclic) bond motifs is 1. The van der Waals surface area contributed by atoms with Gasteiger partial charge >= 0.3 is 6.09 Å². The van der Waals surface area contributed by atoms with Gasteiger partial charge in [0.1, 0.15) is 5.52 Å². The summed E-state index contributed by atoms with van der Waals surface area (Å²) in [5.74, 6) is 0.856. The molecule has 0 fully saturated rings. The molecule has 0 N–H and O–H groups in total. The van der Waals surface area contributed by atoms with E-state index in [1.165, 1.54) is 7.11 Å². The Balaban J connectivity index is 2.09. The maximum absolute atomic E-state index is 11.9. The first-order valence-corrected chi connectivity index (χ1v) is 10.9. The second-order valence-electron chi connectivity index (χ2n) is 8.41. The van der Waals surface area contributed by atoms with E-state index in [2.05, 4.69) is 36.5 Å². The average molecular weight is 440 g/mol. The van der Waals surface area contributed by atoms with Crippen molar-refractivity contribution in [3.8, 4) is 17.1 Å². The molecule has 172 valence electrons. The Kier molecular flexibility index (Phi) is 7.01. The Morgan fingerprint density at radius 3 is 2.47 bits per heavy atom. The first-order chi connectivity index (χ1) is 15.2. The van der Waals surface area contributed by atoms with E-state index in [0.717, 1.165) is 45.8 Å². The number of hydrogen-bond donors (Lipinski definition) is 0. The Hall–Kier alpha value is -3.16. The number of ether oxygens (including phenoxy) is 2. The molecule has 1 amide bonds. The predicted molar refractivity (Wildman–Crippen MR) is 125 cm³/mol. The molecular weight excluding hydrogens is 406 g/mol. The molecule has 1 atom stereocenters. The van der Waals surface area contributed by atoms with Crippen molar-refractivity contribution in [2.45, 2.75) is 53.0 Å². The largest absolute Gasteiger partial charge is 0.480 e. The topological polar surface area (TPSA) is 82.4 Å². The third-order valence-corrected chi connectivity index (χ3v) is 5.76. The van der Waals surface area contributed by atoms with Gasteiger partial charge in [-0.25, -0.2) is 19.7 Å². The summed E-state index contributed by atoms with van der Waals surface area (Å²) in [6.45, 7) is 10.8. The zero-order chi connectivity index (χ0) is 23.6. The fourth-order valence-electron chi connectivity index (χ4n) is 3.89. The fraction of sp³-hybridized carbons (Fsp3) is 0.500. The van der Waals surface area contributed by atoms with Crippen LogP contribution in [0.4, 0.5) is 4.79 Å². The number of nitrogens with zero attached hydrogens (tertiary/aromatic N) is 5. The highest BCUT2D eigenvalue weighted by Crippen LogP contribution is 2.33. The molecule has 3 heterocycles. The van der Waals surface area contributed by atoms with Gasteiger partial charge in [-0.05, 0) is 43.9 Å². The smallest absolute Gasteiger partial charge is 0.409 e. The van der Waals surface area contributed by atoms with Gasteiger partial charge in [0.05, 0.1) is 37.2 Å². The van der Waals surface area contributed by atoms with E-state index in [9.17, 15) is 4.79 Å². The van der Waals surface area contributed by atoms with Crippen LogP contribution in [0.5, 0.6) is 5.88 Å². The van der Waals surface area contributed by atoms with Gasteiger partial charge in [-0.15, -0.1) is 0 Å². The van der Waals surface area contributed by atoms with Gasteiger partial charge in [-0.3, -0.25) is 0 Å². The van der Waals surface area contributed by atoms with E-state index >= 15 is 0 Å². The van der Waals surface area contributed by atoms with Gasteiger partial charge in [-0.1, -0.05) is 20.8 Å². The summed E-state index contributed by atoms with van der Waals surface area (Å²) in [5.41, 5.74) is 6.02. The Labute approximate surface area is 189 Å². The molecule has 0 saturated carbocycles. The summed E-state index contributed by atoms with van der Waals surface area (Å²) < 4.78 is 12.6. The lowest BCUT2D eigenvalue weighted by atomic mass is 10.1. The van der Waals surface area contributed by atoms with E-state index < -0.39 is 0 Å². The molecule has 3 aromatic rings. The molecular formula is C24H33N5O3. The molecule has 0 spiro atoms. The monoisotopic (exact) mass is 439 g/mol. The number of rotatable bonds is 7. The number of carbonyl (C=O) groups is 1. The maximum atomic E-state index is 11.9. The zero-order valence-electron chi connectivity index (χ0n) is 20.3. The highest BCUT2D eigenvalue weighted by Gasteiger charge is 2.22. The van der Waals surface area contributed by atoms with Crippen molar-refractivity contribution >= 4 is 17.3 Å². The SMILES string of the molecule is CCC(CN(C)C(=O)OC)n1cc(C)c2nc(-c3ccc(C(C)C)nc3OC)c(C)nc21. The number of likely N-dealkylation sites (N-methyl/N-ethyl adjacent to an activating group) is 1. The lowest BCUT2D eigenvalue weighted by Crippen LogP contribution is -2.32. The van der Waals surface area contributed by atoms with Crippen LogP contribution in [0.15, 0.2) is 18.3 Å². The van der Waals surface area contributed by atoms with Crippen molar-refractivity contribution < 1.29 is 14.3 Å². The molecule has 3 aromatic heterocycles. The van der Waals surface area contributed by atoms with Gasteiger partial charge in [-0.2, -0.15) is 0 Å². The highest BCUT2D eigenvalue weighted by atomic mass is 16.5. The van der Waals surface area contributed by atoms with E-state index in [0.29, 0.717) is 18.3 Å². The number of amides is 1. The highest BCUT2D eigenvalue weighted by molar-refractivity contribution is 5.81. The summed E-state index contributed by atoms with van der Waals surface area (Å²) in [4.78, 5) is 28.1. The normalized spacial score (nSPS) is 12.3. The summed E-state index contributed by atoms with van der Waals surface area (Å²) >= 11 is 0. The van der Waals surface area contributed by atoms with Crippen molar-refractivity contribution in [1.29, 1.82) is 0 Å². The van der Waals surface area contributed by atoms with E-state index in [-0.39, 0.29) is 12.1 Å². The first kappa shape index (κ1) is 23.5. The van der Waals surface area contributed by atoms with Crippen LogP contribution >= 0.6 is 0 Å². The fourth-order valence-corrected chi connectivity index (χ4v) is 3.89. The molecule has 0 aromatic carbocycles. The van der Waals surface area contributed by atoms with Crippen LogP contribution in [-0.2, 0) is 4.74 Å². The number of methoxy groups -OCH3 is 2. The summed E-state index contributed by atoms with van der Waals surface area (Å²) in [7, 11) is 4.76. The standard InChI is InChI=1S/C24H33N5O3/c1-9-17(13-28(6)24(30)32-8)29-12-15(4)20-22(29)25-16(5)21(27-20)18-10-11-19(14(2)3)26-23(18)31-7/h10-12,14,17H,9,13H2,1-8H3. The summed E-state index contributed by atoms with van der Waals surface area (Å²) in [6.07, 6.45) is 2.54. The zero-order valence-corrected chi connectivity index (χ0v) is 20.3. The minimum atomic E-state index is -0.356. The number of hydrogen-bond acceptors (Lipinski definition) is 6. The second kappa shape index (κ2) is 9.54. The van der Waals surface area contributed by atoms with Crippen molar-refractivity contribution in [2.24, 2.45) is 0 Å². The van der Waals surface area contributed by atoms with Crippen LogP contribution in [-0.4, -0.2) is 58.3 Å². The van der Waals surface area contributed by atoms with Crippen molar-refractivity contribution in [2.75, 3.05) is 27.8 Å². The first-order valence-electron chi connectivity index (χ1n) is 10.9. The minimum Gasteiger partial charge on any atom is -0.480 e. The Morgan fingerprint density at radius 1 is 1.16 bits per heavy atom. The molecule has 0 radical (unpaired) electrons. The van der Waals surface area contributed by atoms with E-state index in [4.69, 9.17) is 19.4 Å². The molecule has 32 heavy (non-hydrogen) atoms. The van der Waals surface area contributed by atoms with Crippen molar-refractivity contribution in [3.05, 3.63) is 35.3 Å². The van der Waals surface area contributed by atoms with Crippen LogP contribution in [0.3, 0.4) is 0 Å². The third kappa shape index (κ3) is 4.40. The molecule has 3 rings (SSSR count). The van der Waals surface area contributed by atoms with Crippen LogP contribution in [0.2, 0.25) is 0 Å². The molecule has 0 bridgehead atoms. The lowest BCUT2D eigenvalue weighted by molar-refractivity contribution is 0.127. The molecule has 0 aliphatic rings. The van der Waals surface area contributed by atoms with Gasteiger partial charge in [0.15, 0.2) is 5.65 Å². The molecule has 0 aliphatic carbocycles. The van der Waals surface area contributed by atoms with Crippen LogP contribution < -0.4 is 4.74 Å². The Morgan fingerprint density at radius 2 is 1.88 bits per heavy atom. The van der Waals surface area contributed by atoms with Crippen LogP contribution in [0.25, 0.3) is 22.4 Å². The molecule has 8 nitrogen and oxygen atoms in total. The van der Waals surface area contributed by atoms with Gasteiger partial charge < -0.3 is 18.9 Å². The molecule has 1 unspecified atom stereocenters. The predicted octanol–water partition coefficient (Wildman–Crippen LogP) is 4.89. The Bertz CT molecular complexity index is 1120. The molecule has 0 aliphatic heterocycles. The van der Waals surface area contributed by atoms with Gasteiger partial charge in [0.25, 0.3) is 0 Å². The number of carbonyl (C=O) groups excluding carboxylic acids is 1. The van der Waals surface area contributed by atoms with Crippen LogP contribution in [0.1, 0.15) is 56.1 Å². The van der Waals surface area contributed by atoms with Crippen molar-refractivity contribution in [1.82, 2.24) is 24.4 Å². The van der Waals surface area contributed by atoms with Gasteiger partial charge in [0.2, 0.25) is 5.88 Å². The van der Waals surface area contributed by atoms with Gasteiger partial charge in [0, 0.05) is 25.5 Å². The summed E-state index contributed by atoms with van der Waals surface area (Å²) in [5, 5.41) is 0. The van der Waals surface area contributed by atoms with Crippen molar-refractivity contribution in [3.63, 3.8) is 0 Å². The third-order valence-electron chi connectivity index (χ3n) is 5.76. The van der Waals surface area contributed by atoms with E-state index in [1.807, 2.05) is 26.0 Å². The summed E-state index contributed by atoms with van der Waals surface area (Å²) in [6, 6.07) is 4.08. The quantitative estimate of drug-likeness (QED) is 0.521. The molecule has 0 saturated heterocycles. The maximum Gasteiger partial charge on any atom is 0.409 e. The molecule has 8 heteroatoms. The average Bonchev–Trinajstić information content (AvgIpc) is 3.10. The number of pyridine rings is 1. The van der Waals surface area contributed by atoms with E-state index in [1.54, 1.807) is 19.1 Å². The number of aromatic nitrogens is 4.